The summed E-state index contributed by atoms with van der Waals surface area (Å²) in [4.78, 5) is 25.4. The maximum absolute atomic E-state index is 14.1. The van der Waals surface area contributed by atoms with Gasteiger partial charge in [0, 0.05) is 5.92 Å². The number of halogens is 6. The van der Waals surface area contributed by atoms with E-state index in [0.29, 0.717) is 0 Å². The first-order valence-corrected chi connectivity index (χ1v) is 9.93. The first kappa shape index (κ1) is 27.7. The minimum Gasteiger partial charge on any atom is -0.497 e. The first-order chi connectivity index (χ1) is 15.6. The highest BCUT2D eigenvalue weighted by atomic mass is 19.4. The molecule has 0 bridgehead atoms. The van der Waals surface area contributed by atoms with Gasteiger partial charge in [-0.15, -0.1) is 0 Å². The van der Waals surface area contributed by atoms with Gasteiger partial charge in [0.15, 0.2) is 0 Å². The molecular weight excluding hydrogens is 480 g/mol. The molecular formula is C20H23F6NO7. The number of carbonyl (C=O) groups is 2. The number of alkyl halides is 6. The second-order valence-electron chi connectivity index (χ2n) is 7.41. The zero-order valence-corrected chi connectivity index (χ0v) is 18.2. The molecule has 0 spiro atoms. The number of rotatable bonds is 6. The van der Waals surface area contributed by atoms with Crippen molar-refractivity contribution in [3.05, 3.63) is 29.8 Å². The molecule has 0 radical (unpaired) electrons. The Morgan fingerprint density at radius 3 is 1.56 bits per heavy atom. The Balaban J connectivity index is 2.95. The molecule has 1 saturated heterocycles. The van der Waals surface area contributed by atoms with E-state index in [1.165, 1.54) is 21.0 Å². The van der Waals surface area contributed by atoms with Gasteiger partial charge in [-0.25, -0.2) is 5.32 Å². The molecule has 0 saturated carbocycles. The van der Waals surface area contributed by atoms with Crippen molar-refractivity contribution in [2.24, 2.45) is 11.8 Å². The van der Waals surface area contributed by atoms with Gasteiger partial charge in [0.2, 0.25) is 11.4 Å². The van der Waals surface area contributed by atoms with E-state index in [1.54, 1.807) is 0 Å². The molecule has 5 atom stereocenters. The summed E-state index contributed by atoms with van der Waals surface area (Å²) in [5.74, 6) is -11.5. The average molecular weight is 503 g/mol. The minimum atomic E-state index is -5.94. The lowest BCUT2D eigenvalue weighted by atomic mass is 9.64. The number of benzene rings is 1. The second kappa shape index (κ2) is 9.58. The Kier molecular flexibility index (Phi) is 7.80. The summed E-state index contributed by atoms with van der Waals surface area (Å²) in [6.07, 6.45) is -11.9. The van der Waals surface area contributed by atoms with Gasteiger partial charge in [-0.1, -0.05) is 12.1 Å². The standard InChI is InChI=1S/C20H23F6NO7/c1-4-33-15(28)13-12(10-6-8-11(32-3)9-7-10)14(16(29)34-5-2)18(31,20(24,25)26)27-17(13,30)19(21,22)23/h6-9,12-14,27,30-31H,4-5H2,1-3H3/t12?,13-,14+,17-,18+. The number of carbonyl (C=O) groups excluding carboxylic acids is 2. The molecule has 1 aliphatic rings. The molecule has 192 valence electrons. The third-order valence-electron chi connectivity index (χ3n) is 5.45. The maximum Gasteiger partial charge on any atom is 0.432 e. The van der Waals surface area contributed by atoms with Crippen LogP contribution >= 0.6 is 0 Å². The summed E-state index contributed by atoms with van der Waals surface area (Å²) < 4.78 is 98.5. The van der Waals surface area contributed by atoms with Crippen molar-refractivity contribution in [2.75, 3.05) is 20.3 Å². The molecule has 1 fully saturated rings. The largest absolute Gasteiger partial charge is 0.497 e. The summed E-state index contributed by atoms with van der Waals surface area (Å²) in [5.41, 5.74) is -9.74. The number of hydrogen-bond acceptors (Lipinski definition) is 8. The highest BCUT2D eigenvalue weighted by Crippen LogP contribution is 2.55. The number of aliphatic hydroxyl groups is 2. The second-order valence-corrected chi connectivity index (χ2v) is 7.41. The van der Waals surface area contributed by atoms with Crippen LogP contribution in [0.15, 0.2) is 24.3 Å². The summed E-state index contributed by atoms with van der Waals surface area (Å²) in [6, 6.07) is 4.31. The lowest BCUT2D eigenvalue weighted by Crippen LogP contribution is -2.81. The quantitative estimate of drug-likeness (QED) is 0.400. The van der Waals surface area contributed by atoms with E-state index >= 15 is 0 Å². The van der Waals surface area contributed by atoms with Gasteiger partial charge in [-0.2, -0.15) is 26.3 Å². The van der Waals surface area contributed by atoms with E-state index in [0.717, 1.165) is 29.6 Å². The number of nitrogens with one attached hydrogen (secondary N) is 1. The molecule has 14 heteroatoms. The molecule has 1 unspecified atom stereocenters. The molecule has 0 aliphatic carbocycles. The van der Waals surface area contributed by atoms with Crippen LogP contribution in [0.3, 0.4) is 0 Å². The molecule has 3 N–H and O–H groups in total. The van der Waals surface area contributed by atoms with Crippen molar-refractivity contribution in [1.82, 2.24) is 5.32 Å². The number of piperidine rings is 1. The van der Waals surface area contributed by atoms with Crippen molar-refractivity contribution in [3.63, 3.8) is 0 Å². The van der Waals surface area contributed by atoms with Crippen molar-refractivity contribution in [3.8, 4) is 5.75 Å². The van der Waals surface area contributed by atoms with E-state index in [4.69, 9.17) is 4.74 Å². The lowest BCUT2D eigenvalue weighted by Gasteiger charge is -2.54. The molecule has 8 nitrogen and oxygen atoms in total. The number of ether oxygens (including phenoxy) is 3. The number of hydrogen-bond donors (Lipinski definition) is 3. The molecule has 0 amide bonds. The van der Waals surface area contributed by atoms with E-state index in [-0.39, 0.29) is 5.75 Å². The van der Waals surface area contributed by atoms with Crippen LogP contribution in [-0.2, 0) is 19.1 Å². The molecule has 1 aliphatic heterocycles. The topological polar surface area (TPSA) is 114 Å². The first-order valence-electron chi connectivity index (χ1n) is 9.93. The van der Waals surface area contributed by atoms with Gasteiger partial charge in [-0.3, -0.25) is 9.59 Å². The van der Waals surface area contributed by atoms with Crippen molar-refractivity contribution >= 4 is 11.9 Å². The highest BCUT2D eigenvalue weighted by molar-refractivity contribution is 5.81. The lowest BCUT2D eigenvalue weighted by molar-refractivity contribution is -0.376. The fraction of sp³-hybridized carbons (Fsp3) is 0.600. The van der Waals surface area contributed by atoms with Crippen LogP contribution in [0.2, 0.25) is 0 Å². The van der Waals surface area contributed by atoms with Crippen LogP contribution in [0.4, 0.5) is 26.3 Å². The predicted octanol–water partition coefficient (Wildman–Crippen LogP) is 2.24. The van der Waals surface area contributed by atoms with Gasteiger partial charge in [0.25, 0.3) is 0 Å². The Bertz CT molecular complexity index is 843. The predicted molar refractivity (Wildman–Crippen MR) is 101 cm³/mol. The van der Waals surface area contributed by atoms with E-state index in [1.807, 2.05) is 0 Å². The highest BCUT2D eigenvalue weighted by Gasteiger charge is 2.78. The summed E-state index contributed by atoms with van der Waals surface area (Å²) in [7, 11) is 1.24. The van der Waals surface area contributed by atoms with Crippen LogP contribution in [0.5, 0.6) is 5.75 Å². The van der Waals surface area contributed by atoms with E-state index < -0.39 is 72.3 Å². The monoisotopic (exact) mass is 503 g/mol. The normalized spacial score (nSPS) is 29.9. The third-order valence-corrected chi connectivity index (χ3v) is 5.45. The number of esters is 2. The van der Waals surface area contributed by atoms with Gasteiger partial charge in [0.05, 0.1) is 20.3 Å². The van der Waals surface area contributed by atoms with E-state index in [9.17, 15) is 46.1 Å². The Morgan fingerprint density at radius 2 is 1.26 bits per heavy atom. The SMILES string of the molecule is CCOC(=O)[C@@H]1C(c2ccc(OC)cc2)[C@H](C(=O)OCC)[C@@](O)(C(F)(F)F)N[C@@]1(O)C(F)(F)F. The zero-order valence-electron chi connectivity index (χ0n) is 18.2. The van der Waals surface area contributed by atoms with Gasteiger partial charge in [0.1, 0.15) is 17.6 Å². The van der Waals surface area contributed by atoms with Gasteiger partial charge >= 0.3 is 24.3 Å². The molecule has 1 heterocycles. The van der Waals surface area contributed by atoms with Gasteiger partial charge < -0.3 is 24.4 Å². The van der Waals surface area contributed by atoms with Crippen molar-refractivity contribution < 1.29 is 60.4 Å². The maximum atomic E-state index is 14.1. The van der Waals surface area contributed by atoms with Crippen molar-refractivity contribution in [2.45, 2.75) is 43.6 Å². The minimum absolute atomic E-state index is 0.148. The summed E-state index contributed by atoms with van der Waals surface area (Å²) >= 11 is 0. The zero-order chi connectivity index (χ0) is 26.1. The van der Waals surface area contributed by atoms with Gasteiger partial charge in [-0.05, 0) is 31.5 Å². The van der Waals surface area contributed by atoms with E-state index in [2.05, 4.69) is 9.47 Å². The Hall–Kier alpha value is -2.58. The molecule has 1 aromatic carbocycles. The average Bonchev–Trinajstić information content (AvgIpc) is 2.72. The Labute approximate surface area is 189 Å². The van der Waals surface area contributed by atoms with Crippen LogP contribution in [0, 0.1) is 11.8 Å². The summed E-state index contributed by atoms with van der Waals surface area (Å²) in [5, 5.41) is 21.8. The fourth-order valence-electron chi connectivity index (χ4n) is 3.96. The Morgan fingerprint density at radius 1 is 0.882 bits per heavy atom. The fourth-order valence-corrected chi connectivity index (χ4v) is 3.96. The third kappa shape index (κ3) is 4.66. The van der Waals surface area contributed by atoms with Crippen molar-refractivity contribution in [1.29, 1.82) is 0 Å². The van der Waals surface area contributed by atoms with Crippen LogP contribution in [0.1, 0.15) is 25.3 Å². The van der Waals surface area contributed by atoms with Crippen LogP contribution in [-0.4, -0.2) is 66.3 Å². The van der Waals surface area contributed by atoms with Crippen LogP contribution < -0.4 is 10.1 Å². The molecule has 2 rings (SSSR count). The smallest absolute Gasteiger partial charge is 0.432 e. The molecule has 34 heavy (non-hydrogen) atoms. The summed E-state index contributed by atoms with van der Waals surface area (Å²) in [6.45, 7) is 1.45. The molecule has 1 aromatic rings. The number of methoxy groups -OCH3 is 1. The molecule has 0 aromatic heterocycles. The van der Waals surface area contributed by atoms with Crippen LogP contribution in [0.25, 0.3) is 0 Å².